The Bertz CT molecular complexity index is 883. The second-order valence-corrected chi connectivity index (χ2v) is 6.03. The Labute approximate surface area is 178 Å². The first-order chi connectivity index (χ1) is 14.9. The fraction of sp³-hybridized carbons (Fsp3) is 0.286. The van der Waals surface area contributed by atoms with Crippen LogP contribution < -0.4 is 10.6 Å². The van der Waals surface area contributed by atoms with Crippen LogP contribution >= 0.6 is 0 Å². The Morgan fingerprint density at radius 1 is 0.903 bits per heavy atom. The molecule has 10 nitrogen and oxygen atoms in total. The molecule has 0 saturated heterocycles. The molecule has 2 amide bonds. The number of carbonyl (C=O) groups excluding carboxylic acids is 4. The molecule has 0 fully saturated rings. The lowest BCUT2D eigenvalue weighted by atomic mass is 10.2. The summed E-state index contributed by atoms with van der Waals surface area (Å²) in [7, 11) is 0. The maximum Gasteiger partial charge on any atom is 0.412 e. The fourth-order valence-corrected chi connectivity index (χ4v) is 2.35. The van der Waals surface area contributed by atoms with Crippen molar-refractivity contribution in [1.29, 1.82) is 0 Å². The number of hydrogen-bond donors (Lipinski definition) is 2. The van der Waals surface area contributed by atoms with Crippen molar-refractivity contribution in [1.82, 2.24) is 10.3 Å². The molecule has 0 spiro atoms. The number of rotatable bonds is 9. The molecule has 2 rings (SSSR count). The summed E-state index contributed by atoms with van der Waals surface area (Å²) in [4.78, 5) is 52.1. The number of aromatic nitrogens is 1. The van der Waals surface area contributed by atoms with Gasteiger partial charge in [-0.15, -0.1) is 0 Å². The molecule has 0 radical (unpaired) electrons. The normalized spacial score (nSPS) is 10.2. The molecular formula is C21H23N3O7. The summed E-state index contributed by atoms with van der Waals surface area (Å²) in [5.74, 6) is -2.66. The fourth-order valence-electron chi connectivity index (χ4n) is 2.35. The number of nitrogens with one attached hydrogen (secondary N) is 2. The molecular weight excluding hydrogens is 406 g/mol. The highest BCUT2D eigenvalue weighted by Crippen LogP contribution is 2.09. The Morgan fingerprint density at radius 2 is 1.55 bits per heavy atom. The molecule has 1 aromatic carbocycles. The van der Waals surface area contributed by atoms with E-state index in [1.807, 2.05) is 30.3 Å². The lowest BCUT2D eigenvalue weighted by molar-refractivity contribution is -0.157. The minimum atomic E-state index is -1.61. The highest BCUT2D eigenvalue weighted by atomic mass is 16.6. The predicted molar refractivity (Wildman–Crippen MR) is 109 cm³/mol. The molecule has 0 aliphatic carbocycles. The lowest BCUT2D eigenvalue weighted by Gasteiger charge is -2.15. The number of anilines is 1. The van der Waals surface area contributed by atoms with Crippen LogP contribution in [0.2, 0.25) is 0 Å². The highest BCUT2D eigenvalue weighted by molar-refractivity contribution is 6.05. The van der Waals surface area contributed by atoms with Gasteiger partial charge in [0.2, 0.25) is 6.04 Å². The third-order valence-electron chi connectivity index (χ3n) is 3.78. The minimum absolute atomic E-state index is 0.0313. The van der Waals surface area contributed by atoms with E-state index in [1.54, 1.807) is 13.8 Å². The molecule has 31 heavy (non-hydrogen) atoms. The molecule has 10 heteroatoms. The molecule has 1 heterocycles. The van der Waals surface area contributed by atoms with Crippen LogP contribution in [0.5, 0.6) is 0 Å². The Kier molecular flexibility index (Phi) is 8.96. The lowest BCUT2D eigenvalue weighted by Crippen LogP contribution is -2.48. The maximum atomic E-state index is 12.4. The van der Waals surface area contributed by atoms with E-state index in [1.165, 1.54) is 18.3 Å². The number of benzene rings is 1. The summed E-state index contributed by atoms with van der Waals surface area (Å²) in [6.07, 6.45) is 0.551. The molecule has 164 valence electrons. The number of esters is 2. The Morgan fingerprint density at radius 3 is 2.10 bits per heavy atom. The van der Waals surface area contributed by atoms with Crippen LogP contribution in [-0.4, -0.2) is 48.2 Å². The van der Waals surface area contributed by atoms with E-state index in [4.69, 9.17) is 14.2 Å². The molecule has 2 aromatic rings. The average molecular weight is 429 g/mol. The molecule has 1 aromatic heterocycles. The molecule has 2 N–H and O–H groups in total. The predicted octanol–water partition coefficient (Wildman–Crippen LogP) is 2.05. The summed E-state index contributed by atoms with van der Waals surface area (Å²) in [5.41, 5.74) is 1.05. The number of pyridine rings is 1. The van der Waals surface area contributed by atoms with Crippen LogP contribution in [0.15, 0.2) is 48.7 Å². The largest absolute Gasteiger partial charge is 0.464 e. The van der Waals surface area contributed by atoms with Crippen molar-refractivity contribution in [2.45, 2.75) is 26.5 Å². The van der Waals surface area contributed by atoms with Crippen LogP contribution in [-0.2, 0) is 30.4 Å². The summed E-state index contributed by atoms with van der Waals surface area (Å²) in [6.45, 7) is 3.30. The maximum absolute atomic E-state index is 12.4. The first-order valence-electron chi connectivity index (χ1n) is 9.52. The second kappa shape index (κ2) is 11.9. The van der Waals surface area contributed by atoms with Crippen LogP contribution in [0, 0.1) is 0 Å². The SMILES string of the molecule is CCOC(=O)C(NC(=O)c1ccc(NC(=O)OCc2ccccc2)cn1)C(=O)OCC. The van der Waals surface area contributed by atoms with E-state index in [2.05, 4.69) is 15.6 Å². The summed E-state index contributed by atoms with van der Waals surface area (Å²) in [5, 5.41) is 4.72. The van der Waals surface area contributed by atoms with Crippen molar-refractivity contribution >= 4 is 29.6 Å². The zero-order valence-electron chi connectivity index (χ0n) is 17.1. The topological polar surface area (TPSA) is 133 Å². The first kappa shape index (κ1) is 23.3. The van der Waals surface area contributed by atoms with Gasteiger partial charge >= 0.3 is 18.0 Å². The second-order valence-electron chi connectivity index (χ2n) is 6.03. The van der Waals surface area contributed by atoms with Crippen molar-refractivity contribution < 1.29 is 33.4 Å². The van der Waals surface area contributed by atoms with Gasteiger partial charge in [-0.05, 0) is 31.5 Å². The number of amides is 2. The van der Waals surface area contributed by atoms with Crippen LogP contribution in [0.1, 0.15) is 29.9 Å². The van der Waals surface area contributed by atoms with Crippen molar-refractivity contribution in [2.24, 2.45) is 0 Å². The van der Waals surface area contributed by atoms with Crippen LogP contribution in [0.4, 0.5) is 10.5 Å². The highest BCUT2D eigenvalue weighted by Gasteiger charge is 2.31. The molecule has 0 aliphatic heterocycles. The molecule has 0 aliphatic rings. The van der Waals surface area contributed by atoms with Gasteiger partial charge in [0, 0.05) is 0 Å². The van der Waals surface area contributed by atoms with Crippen molar-refractivity contribution in [3.05, 3.63) is 59.9 Å². The zero-order chi connectivity index (χ0) is 22.6. The van der Waals surface area contributed by atoms with Crippen molar-refractivity contribution in [3.63, 3.8) is 0 Å². The monoisotopic (exact) mass is 429 g/mol. The summed E-state index contributed by atoms with van der Waals surface area (Å²) < 4.78 is 14.7. The van der Waals surface area contributed by atoms with E-state index >= 15 is 0 Å². The van der Waals surface area contributed by atoms with E-state index in [9.17, 15) is 19.2 Å². The average Bonchev–Trinajstić information content (AvgIpc) is 2.77. The number of hydrogen-bond acceptors (Lipinski definition) is 8. The van der Waals surface area contributed by atoms with Gasteiger partial charge in [-0.1, -0.05) is 30.3 Å². The van der Waals surface area contributed by atoms with E-state index in [0.29, 0.717) is 5.69 Å². The third kappa shape index (κ3) is 7.42. The van der Waals surface area contributed by atoms with Crippen LogP contribution in [0.25, 0.3) is 0 Å². The van der Waals surface area contributed by atoms with Gasteiger partial charge in [0.15, 0.2) is 0 Å². The standard InChI is InChI=1S/C21H23N3O7/c1-3-29-19(26)17(20(27)30-4-2)24-18(25)16-11-10-15(12-22-16)23-21(28)31-13-14-8-6-5-7-9-14/h5-12,17H,3-4,13H2,1-2H3,(H,23,28)(H,24,25). The molecule has 0 unspecified atom stereocenters. The van der Waals surface area contributed by atoms with E-state index < -0.39 is 30.0 Å². The number of ether oxygens (including phenoxy) is 3. The summed E-state index contributed by atoms with van der Waals surface area (Å²) >= 11 is 0. The van der Waals surface area contributed by atoms with Crippen molar-refractivity contribution in [2.75, 3.05) is 18.5 Å². The van der Waals surface area contributed by atoms with Crippen molar-refractivity contribution in [3.8, 4) is 0 Å². The van der Waals surface area contributed by atoms with Gasteiger partial charge in [-0.3, -0.25) is 10.1 Å². The minimum Gasteiger partial charge on any atom is -0.464 e. The van der Waals surface area contributed by atoms with Gasteiger partial charge in [0.25, 0.3) is 5.91 Å². The summed E-state index contributed by atoms with van der Waals surface area (Å²) in [6, 6.07) is 10.3. The zero-order valence-corrected chi connectivity index (χ0v) is 17.1. The Hall–Kier alpha value is -3.95. The van der Waals surface area contributed by atoms with Gasteiger partial charge in [0.1, 0.15) is 12.3 Å². The number of carbonyl (C=O) groups is 4. The third-order valence-corrected chi connectivity index (χ3v) is 3.78. The first-order valence-corrected chi connectivity index (χ1v) is 9.52. The van der Waals surface area contributed by atoms with E-state index in [0.717, 1.165) is 5.56 Å². The Balaban J connectivity index is 1.94. The smallest absolute Gasteiger partial charge is 0.412 e. The van der Waals surface area contributed by atoms with Gasteiger partial charge in [-0.25, -0.2) is 19.4 Å². The molecule has 0 atom stereocenters. The van der Waals surface area contributed by atoms with Gasteiger partial charge < -0.3 is 19.5 Å². The molecule has 0 saturated carbocycles. The number of nitrogens with zero attached hydrogens (tertiary/aromatic N) is 1. The van der Waals surface area contributed by atoms with E-state index in [-0.39, 0.29) is 25.5 Å². The van der Waals surface area contributed by atoms with Crippen LogP contribution in [0.3, 0.4) is 0 Å². The van der Waals surface area contributed by atoms with Gasteiger partial charge in [-0.2, -0.15) is 0 Å². The van der Waals surface area contributed by atoms with Gasteiger partial charge in [0.05, 0.1) is 25.1 Å². The quantitative estimate of drug-likeness (QED) is 0.352. The molecule has 0 bridgehead atoms.